The lowest BCUT2D eigenvalue weighted by Crippen LogP contribution is -2.24. The molecular formula is C18H24O5S. The third-order valence-electron chi connectivity index (χ3n) is 4.20. The summed E-state index contributed by atoms with van der Waals surface area (Å²) in [5.74, 6) is 0.601. The summed E-state index contributed by atoms with van der Waals surface area (Å²) in [7, 11) is -3.95. The normalized spacial score (nSPS) is 16.2. The molecule has 0 unspecified atom stereocenters. The molecule has 0 fully saturated rings. The molecule has 0 bridgehead atoms. The zero-order valence-electron chi connectivity index (χ0n) is 14.2. The van der Waals surface area contributed by atoms with Gasteiger partial charge in [0, 0.05) is 17.7 Å². The van der Waals surface area contributed by atoms with E-state index in [1.54, 1.807) is 19.1 Å². The lowest BCUT2D eigenvalue weighted by Gasteiger charge is -2.22. The van der Waals surface area contributed by atoms with Crippen molar-refractivity contribution in [2.45, 2.75) is 50.8 Å². The summed E-state index contributed by atoms with van der Waals surface area (Å²) in [6.07, 6.45) is 3.44. The van der Waals surface area contributed by atoms with Crippen molar-refractivity contribution in [2.75, 3.05) is 13.2 Å². The number of benzene rings is 1. The Labute approximate surface area is 143 Å². The lowest BCUT2D eigenvalue weighted by atomic mass is 9.96. The van der Waals surface area contributed by atoms with E-state index in [-0.39, 0.29) is 11.5 Å². The third-order valence-corrected chi connectivity index (χ3v) is 5.87. The van der Waals surface area contributed by atoms with Gasteiger partial charge in [-0.05, 0) is 55.9 Å². The number of aliphatic hydroxyl groups is 1. The predicted octanol–water partition coefficient (Wildman–Crippen LogP) is 3.12. The molecule has 6 heteroatoms. The number of sulfone groups is 1. The Hall–Kier alpha value is -1.66. The maximum absolute atomic E-state index is 12.4. The van der Waals surface area contributed by atoms with E-state index in [9.17, 15) is 13.2 Å². The van der Waals surface area contributed by atoms with Crippen molar-refractivity contribution in [3.05, 3.63) is 29.3 Å². The number of ether oxygens (including phenoxy) is 1. The number of carbonyl (C=O) groups excluding carboxylic acids is 1. The second-order valence-corrected chi connectivity index (χ2v) is 7.56. The van der Waals surface area contributed by atoms with Gasteiger partial charge in [-0.1, -0.05) is 13.8 Å². The smallest absolute Gasteiger partial charge is 0.277 e. The molecule has 132 valence electrons. The fourth-order valence-electron chi connectivity index (χ4n) is 2.96. The number of rotatable bonds is 8. The predicted molar refractivity (Wildman–Crippen MR) is 92.6 cm³/mol. The van der Waals surface area contributed by atoms with Crippen molar-refractivity contribution in [1.29, 1.82) is 0 Å². The molecule has 1 aliphatic heterocycles. The topological polar surface area (TPSA) is 80.7 Å². The van der Waals surface area contributed by atoms with Crippen LogP contribution in [0.15, 0.2) is 28.7 Å². The Morgan fingerprint density at radius 2 is 1.75 bits per heavy atom. The largest absolute Gasteiger partial charge is 0.494 e. The SMILES string of the molecule is CCC1=C(CC)c2cc(OCCCCCO)ccc2S(=O)(=O)C1=O. The highest BCUT2D eigenvalue weighted by Gasteiger charge is 2.36. The van der Waals surface area contributed by atoms with Crippen molar-refractivity contribution >= 4 is 20.5 Å². The average molecular weight is 352 g/mol. The molecule has 0 aromatic heterocycles. The monoisotopic (exact) mass is 352 g/mol. The molecule has 1 aromatic carbocycles. The van der Waals surface area contributed by atoms with Gasteiger partial charge in [0.25, 0.3) is 5.12 Å². The number of fused-ring (bicyclic) bond motifs is 1. The molecule has 1 aliphatic rings. The van der Waals surface area contributed by atoms with E-state index in [0.29, 0.717) is 36.3 Å². The number of hydrogen-bond donors (Lipinski definition) is 1. The number of unbranched alkanes of at least 4 members (excludes halogenated alkanes) is 2. The third kappa shape index (κ3) is 3.54. The maximum atomic E-state index is 12.4. The summed E-state index contributed by atoms with van der Waals surface area (Å²) in [5, 5.41) is 7.99. The molecule has 24 heavy (non-hydrogen) atoms. The zero-order chi connectivity index (χ0) is 17.7. The first-order chi connectivity index (χ1) is 11.5. The minimum atomic E-state index is -3.95. The van der Waals surface area contributed by atoms with Gasteiger partial charge in [-0.3, -0.25) is 4.79 Å². The van der Waals surface area contributed by atoms with E-state index in [1.807, 2.05) is 6.92 Å². The first-order valence-corrected chi connectivity index (χ1v) is 9.85. The van der Waals surface area contributed by atoms with Crippen molar-refractivity contribution in [3.63, 3.8) is 0 Å². The van der Waals surface area contributed by atoms with Gasteiger partial charge in [0.05, 0.1) is 11.5 Å². The van der Waals surface area contributed by atoms with Gasteiger partial charge >= 0.3 is 0 Å². The molecular weight excluding hydrogens is 328 g/mol. The van der Waals surface area contributed by atoms with Gasteiger partial charge in [-0.15, -0.1) is 0 Å². The Kier molecular flexibility index (Phi) is 6.18. The molecule has 0 saturated carbocycles. The molecule has 0 spiro atoms. The first kappa shape index (κ1) is 18.7. The molecule has 1 aromatic rings. The van der Waals surface area contributed by atoms with Crippen LogP contribution in [-0.2, 0) is 14.6 Å². The van der Waals surface area contributed by atoms with E-state index in [4.69, 9.17) is 9.84 Å². The Balaban J connectivity index is 2.34. The number of aliphatic hydroxyl groups excluding tert-OH is 1. The maximum Gasteiger partial charge on any atom is 0.277 e. The summed E-state index contributed by atoms with van der Waals surface area (Å²) in [6.45, 7) is 4.40. The van der Waals surface area contributed by atoms with Crippen LogP contribution in [0, 0.1) is 0 Å². The van der Waals surface area contributed by atoms with E-state index in [2.05, 4.69) is 0 Å². The summed E-state index contributed by atoms with van der Waals surface area (Å²) >= 11 is 0. The summed E-state index contributed by atoms with van der Waals surface area (Å²) in [6, 6.07) is 4.79. The molecule has 0 saturated heterocycles. The second kappa shape index (κ2) is 7.94. The van der Waals surface area contributed by atoms with Crippen LogP contribution in [0.2, 0.25) is 0 Å². The minimum absolute atomic E-state index is 0.0779. The van der Waals surface area contributed by atoms with Crippen LogP contribution in [-0.4, -0.2) is 31.9 Å². The van der Waals surface area contributed by atoms with Crippen LogP contribution in [0.25, 0.3) is 5.57 Å². The molecule has 0 amide bonds. The van der Waals surface area contributed by atoms with Gasteiger partial charge in [-0.2, -0.15) is 0 Å². The van der Waals surface area contributed by atoms with Crippen molar-refractivity contribution in [3.8, 4) is 5.75 Å². The van der Waals surface area contributed by atoms with Gasteiger partial charge in [0.15, 0.2) is 0 Å². The van der Waals surface area contributed by atoms with Gasteiger partial charge in [-0.25, -0.2) is 8.42 Å². The molecule has 0 radical (unpaired) electrons. The van der Waals surface area contributed by atoms with Crippen LogP contribution < -0.4 is 4.74 Å². The average Bonchev–Trinajstić information content (AvgIpc) is 2.57. The summed E-state index contributed by atoms with van der Waals surface area (Å²) in [4.78, 5) is 12.3. The van der Waals surface area contributed by atoms with Gasteiger partial charge < -0.3 is 9.84 Å². The minimum Gasteiger partial charge on any atom is -0.494 e. The highest BCUT2D eigenvalue weighted by Crippen LogP contribution is 2.39. The summed E-state index contributed by atoms with van der Waals surface area (Å²) < 4.78 is 30.6. The van der Waals surface area contributed by atoms with Crippen LogP contribution in [0.1, 0.15) is 51.5 Å². The van der Waals surface area contributed by atoms with Crippen LogP contribution in [0.4, 0.5) is 0 Å². The highest BCUT2D eigenvalue weighted by atomic mass is 32.2. The van der Waals surface area contributed by atoms with Crippen molar-refractivity contribution in [2.24, 2.45) is 0 Å². The number of carbonyl (C=O) groups is 1. The summed E-state index contributed by atoms with van der Waals surface area (Å²) in [5.41, 5.74) is 1.75. The van der Waals surface area contributed by atoms with Crippen LogP contribution in [0.3, 0.4) is 0 Å². The molecule has 5 nitrogen and oxygen atoms in total. The molecule has 0 aliphatic carbocycles. The Morgan fingerprint density at radius 3 is 2.38 bits per heavy atom. The fraction of sp³-hybridized carbons (Fsp3) is 0.500. The second-order valence-electron chi connectivity index (χ2n) is 5.75. The quantitative estimate of drug-likeness (QED) is 0.727. The lowest BCUT2D eigenvalue weighted by molar-refractivity contribution is -0.108. The standard InChI is InChI=1S/C18H24O5S/c1-3-14-15(4-2)18(20)24(21,22)17-9-8-13(12-16(14)17)23-11-7-5-6-10-19/h8-9,12,19H,3-7,10-11H2,1-2H3. The van der Waals surface area contributed by atoms with Gasteiger partial charge in [0.1, 0.15) is 5.75 Å². The van der Waals surface area contributed by atoms with E-state index in [1.165, 1.54) is 6.07 Å². The van der Waals surface area contributed by atoms with E-state index >= 15 is 0 Å². The highest BCUT2D eigenvalue weighted by molar-refractivity contribution is 8.06. The molecule has 0 atom stereocenters. The van der Waals surface area contributed by atoms with E-state index < -0.39 is 15.0 Å². The Bertz CT molecular complexity index is 747. The molecule has 1 heterocycles. The fourth-order valence-corrected chi connectivity index (χ4v) is 4.47. The molecule has 2 rings (SSSR count). The van der Waals surface area contributed by atoms with E-state index in [0.717, 1.165) is 24.8 Å². The first-order valence-electron chi connectivity index (χ1n) is 8.36. The van der Waals surface area contributed by atoms with Crippen molar-refractivity contribution in [1.82, 2.24) is 0 Å². The van der Waals surface area contributed by atoms with Crippen LogP contribution >= 0.6 is 0 Å². The van der Waals surface area contributed by atoms with Crippen LogP contribution in [0.5, 0.6) is 5.75 Å². The van der Waals surface area contributed by atoms with Gasteiger partial charge in [0.2, 0.25) is 9.84 Å². The van der Waals surface area contributed by atoms with Crippen molar-refractivity contribution < 1.29 is 23.1 Å². The Morgan fingerprint density at radius 1 is 1.04 bits per heavy atom. The molecule has 1 N–H and O–H groups in total. The zero-order valence-corrected chi connectivity index (χ0v) is 15.0. The number of hydrogen-bond acceptors (Lipinski definition) is 5. The number of allylic oxidation sites excluding steroid dienone is 1.